The first-order chi connectivity index (χ1) is 5.70. The molecule has 2 heterocycles. The van der Waals surface area contributed by atoms with Crippen LogP contribution in [0.4, 0.5) is 0 Å². The zero-order valence-corrected chi connectivity index (χ0v) is 8.34. The van der Waals surface area contributed by atoms with Crippen molar-refractivity contribution in [2.75, 3.05) is 40.3 Å². The summed E-state index contributed by atoms with van der Waals surface area (Å²) >= 11 is 0. The molecule has 2 rings (SSSR count). The molecule has 0 atom stereocenters. The van der Waals surface area contributed by atoms with Crippen molar-refractivity contribution in [1.82, 2.24) is 9.80 Å². The average molecular weight is 168 g/mol. The molecule has 0 aromatic rings. The van der Waals surface area contributed by atoms with E-state index in [1.165, 1.54) is 45.4 Å². The Morgan fingerprint density at radius 3 is 2.33 bits per heavy atom. The average Bonchev–Trinajstić information content (AvgIpc) is 2.12. The van der Waals surface area contributed by atoms with Crippen LogP contribution in [0.1, 0.15) is 19.3 Å². The Hall–Kier alpha value is -0.0800. The maximum atomic E-state index is 2.48. The van der Waals surface area contributed by atoms with Crippen LogP contribution in [-0.2, 0) is 0 Å². The van der Waals surface area contributed by atoms with Crippen LogP contribution in [0.3, 0.4) is 0 Å². The molecule has 0 aromatic heterocycles. The normalized spacial score (nSPS) is 31.5. The molecule has 0 radical (unpaired) electrons. The third kappa shape index (κ3) is 1.50. The maximum Gasteiger partial charge on any atom is 0.00479 e. The van der Waals surface area contributed by atoms with E-state index in [1.807, 2.05) is 0 Å². The van der Waals surface area contributed by atoms with Gasteiger partial charge in [0.2, 0.25) is 0 Å². The summed E-state index contributed by atoms with van der Waals surface area (Å²) in [7, 11) is 4.49. The van der Waals surface area contributed by atoms with Crippen LogP contribution >= 0.6 is 0 Å². The fourth-order valence-electron chi connectivity index (χ4n) is 2.80. The van der Waals surface area contributed by atoms with Gasteiger partial charge < -0.3 is 9.80 Å². The Morgan fingerprint density at radius 1 is 0.917 bits per heavy atom. The Balaban J connectivity index is 1.91. The van der Waals surface area contributed by atoms with Gasteiger partial charge in [0.15, 0.2) is 0 Å². The quantitative estimate of drug-likeness (QED) is 0.533. The van der Waals surface area contributed by atoms with Crippen LogP contribution in [0, 0.1) is 5.41 Å². The van der Waals surface area contributed by atoms with Gasteiger partial charge in [-0.2, -0.15) is 0 Å². The lowest BCUT2D eigenvalue weighted by Gasteiger charge is -2.48. The van der Waals surface area contributed by atoms with Gasteiger partial charge in [-0.3, -0.25) is 0 Å². The van der Waals surface area contributed by atoms with Crippen LogP contribution in [0.5, 0.6) is 0 Å². The maximum absolute atomic E-state index is 2.48. The zero-order chi connectivity index (χ0) is 8.60. The number of rotatable bonds is 0. The van der Waals surface area contributed by atoms with Gasteiger partial charge in [-0.1, -0.05) is 0 Å². The SMILES string of the molecule is CN1CCCC2(CC1)CN(C)C2. The molecular weight excluding hydrogens is 148 g/mol. The predicted octanol–water partition coefficient (Wildman–Crippen LogP) is 1.03. The Kier molecular flexibility index (Phi) is 2.13. The molecular formula is C10H20N2. The van der Waals surface area contributed by atoms with Crippen molar-refractivity contribution >= 4 is 0 Å². The fraction of sp³-hybridized carbons (Fsp3) is 1.00. The van der Waals surface area contributed by atoms with E-state index in [2.05, 4.69) is 23.9 Å². The van der Waals surface area contributed by atoms with Crippen molar-refractivity contribution < 1.29 is 0 Å². The van der Waals surface area contributed by atoms with E-state index in [1.54, 1.807) is 0 Å². The molecule has 70 valence electrons. The van der Waals surface area contributed by atoms with E-state index in [-0.39, 0.29) is 0 Å². The smallest absolute Gasteiger partial charge is 0.00479 e. The summed E-state index contributed by atoms with van der Waals surface area (Å²) in [5.41, 5.74) is 0.722. The predicted molar refractivity (Wildman–Crippen MR) is 51.3 cm³/mol. The van der Waals surface area contributed by atoms with Crippen molar-refractivity contribution in [3.05, 3.63) is 0 Å². The summed E-state index contributed by atoms with van der Waals surface area (Å²) in [4.78, 5) is 4.93. The topological polar surface area (TPSA) is 6.48 Å². The monoisotopic (exact) mass is 168 g/mol. The van der Waals surface area contributed by atoms with Crippen LogP contribution in [0.2, 0.25) is 0 Å². The zero-order valence-electron chi connectivity index (χ0n) is 8.34. The summed E-state index contributed by atoms with van der Waals surface area (Å²) in [5.74, 6) is 0. The van der Waals surface area contributed by atoms with Gasteiger partial charge in [0.25, 0.3) is 0 Å². The highest BCUT2D eigenvalue weighted by Crippen LogP contribution is 2.38. The van der Waals surface area contributed by atoms with Gasteiger partial charge >= 0.3 is 0 Å². The summed E-state index contributed by atoms with van der Waals surface area (Å²) in [6.07, 6.45) is 4.29. The molecule has 1 spiro atoms. The van der Waals surface area contributed by atoms with Crippen molar-refractivity contribution in [2.24, 2.45) is 5.41 Å². The van der Waals surface area contributed by atoms with E-state index in [0.29, 0.717) is 0 Å². The first-order valence-corrected chi connectivity index (χ1v) is 5.07. The minimum Gasteiger partial charge on any atom is -0.306 e. The largest absolute Gasteiger partial charge is 0.306 e. The lowest BCUT2D eigenvalue weighted by Crippen LogP contribution is -2.54. The molecule has 2 aliphatic rings. The van der Waals surface area contributed by atoms with Gasteiger partial charge in [-0.05, 0) is 51.9 Å². The molecule has 0 N–H and O–H groups in total. The van der Waals surface area contributed by atoms with E-state index in [4.69, 9.17) is 0 Å². The number of likely N-dealkylation sites (tertiary alicyclic amines) is 2. The summed E-state index contributed by atoms with van der Waals surface area (Å²) in [6, 6.07) is 0. The number of hydrogen-bond donors (Lipinski definition) is 0. The summed E-state index contributed by atoms with van der Waals surface area (Å²) in [5, 5.41) is 0. The Bertz CT molecular complexity index is 161. The first kappa shape index (κ1) is 8.52. The third-order valence-corrected chi connectivity index (χ3v) is 3.48. The van der Waals surface area contributed by atoms with Crippen molar-refractivity contribution in [3.8, 4) is 0 Å². The number of hydrogen-bond acceptors (Lipinski definition) is 2. The van der Waals surface area contributed by atoms with Crippen LogP contribution < -0.4 is 0 Å². The molecule has 0 aromatic carbocycles. The highest BCUT2D eigenvalue weighted by molar-refractivity contribution is 4.94. The molecule has 0 saturated carbocycles. The molecule has 2 fully saturated rings. The van der Waals surface area contributed by atoms with Crippen LogP contribution in [-0.4, -0.2) is 50.1 Å². The summed E-state index contributed by atoms with van der Waals surface area (Å²) < 4.78 is 0. The second kappa shape index (κ2) is 3.00. The van der Waals surface area contributed by atoms with Crippen molar-refractivity contribution in [2.45, 2.75) is 19.3 Å². The van der Waals surface area contributed by atoms with E-state index >= 15 is 0 Å². The fourth-order valence-corrected chi connectivity index (χ4v) is 2.80. The third-order valence-electron chi connectivity index (χ3n) is 3.48. The van der Waals surface area contributed by atoms with Gasteiger partial charge in [0.1, 0.15) is 0 Å². The highest BCUT2D eigenvalue weighted by Gasteiger charge is 2.40. The molecule has 0 unspecified atom stereocenters. The van der Waals surface area contributed by atoms with Crippen molar-refractivity contribution in [1.29, 1.82) is 0 Å². The molecule has 2 nitrogen and oxygen atoms in total. The second-order valence-corrected chi connectivity index (χ2v) is 4.83. The number of nitrogens with zero attached hydrogens (tertiary/aromatic N) is 2. The van der Waals surface area contributed by atoms with E-state index in [9.17, 15) is 0 Å². The van der Waals surface area contributed by atoms with E-state index < -0.39 is 0 Å². The molecule has 2 saturated heterocycles. The van der Waals surface area contributed by atoms with Gasteiger partial charge in [0.05, 0.1) is 0 Å². The minimum atomic E-state index is 0.722. The highest BCUT2D eigenvalue weighted by atomic mass is 15.2. The van der Waals surface area contributed by atoms with Gasteiger partial charge in [-0.25, -0.2) is 0 Å². The van der Waals surface area contributed by atoms with Crippen LogP contribution in [0.15, 0.2) is 0 Å². The van der Waals surface area contributed by atoms with Gasteiger partial charge in [-0.15, -0.1) is 0 Å². The van der Waals surface area contributed by atoms with E-state index in [0.717, 1.165) is 5.41 Å². The second-order valence-electron chi connectivity index (χ2n) is 4.83. The molecule has 2 heteroatoms. The van der Waals surface area contributed by atoms with Crippen molar-refractivity contribution in [3.63, 3.8) is 0 Å². The first-order valence-electron chi connectivity index (χ1n) is 5.07. The molecule has 12 heavy (non-hydrogen) atoms. The molecule has 0 aliphatic carbocycles. The molecule has 0 amide bonds. The Labute approximate surface area is 75.5 Å². The Morgan fingerprint density at radius 2 is 1.67 bits per heavy atom. The van der Waals surface area contributed by atoms with Gasteiger partial charge in [0, 0.05) is 13.1 Å². The minimum absolute atomic E-state index is 0.722. The molecule has 2 aliphatic heterocycles. The molecule has 0 bridgehead atoms. The lowest BCUT2D eigenvalue weighted by atomic mass is 9.74. The standard InChI is InChI=1S/C10H20N2/c1-11-6-3-4-10(5-7-11)8-12(2)9-10/h3-9H2,1-2H3. The lowest BCUT2D eigenvalue weighted by molar-refractivity contribution is 0.00989. The van der Waals surface area contributed by atoms with Crippen LogP contribution in [0.25, 0.3) is 0 Å². The summed E-state index contributed by atoms with van der Waals surface area (Å²) in [6.45, 7) is 5.32.